The van der Waals surface area contributed by atoms with Crippen molar-refractivity contribution in [1.82, 2.24) is 10.6 Å². The number of hydrogen-bond acceptors (Lipinski definition) is 2. The van der Waals surface area contributed by atoms with Crippen LogP contribution in [0.4, 0.5) is 4.39 Å². The molecule has 0 aliphatic rings. The average Bonchev–Trinajstić information content (AvgIpc) is 1.98. The molecule has 2 nitrogen and oxygen atoms in total. The molecule has 3 heteroatoms. The fraction of sp³-hybridized carbons (Fsp3) is 1.00. The van der Waals surface area contributed by atoms with Crippen molar-refractivity contribution >= 4 is 0 Å². The van der Waals surface area contributed by atoms with Crippen LogP contribution in [-0.4, -0.2) is 32.9 Å². The van der Waals surface area contributed by atoms with E-state index < -0.39 is 0 Å². The lowest BCUT2D eigenvalue weighted by molar-refractivity contribution is 0.449. The second kappa shape index (κ2) is 6.96. The third-order valence-electron chi connectivity index (χ3n) is 1.43. The van der Waals surface area contributed by atoms with Gasteiger partial charge in [0.2, 0.25) is 0 Å². The van der Waals surface area contributed by atoms with Gasteiger partial charge in [-0.2, -0.15) is 0 Å². The standard InChI is InChI=1S/C7H17FN2/c1-7(9-2)6-10-5-3-4-8/h7,9-10H,3-6H2,1-2H3/t7-/m0/s1. The molecule has 1 atom stereocenters. The molecule has 10 heavy (non-hydrogen) atoms. The highest BCUT2D eigenvalue weighted by Gasteiger charge is 1.94. The summed E-state index contributed by atoms with van der Waals surface area (Å²) < 4.78 is 11.5. The Morgan fingerprint density at radius 3 is 2.70 bits per heavy atom. The normalized spacial score (nSPS) is 13.5. The molecule has 0 saturated carbocycles. The number of likely N-dealkylation sites (N-methyl/N-ethyl adjacent to an activating group) is 1. The first kappa shape index (κ1) is 9.85. The summed E-state index contributed by atoms with van der Waals surface area (Å²) in [5, 5.41) is 6.22. The summed E-state index contributed by atoms with van der Waals surface area (Å²) in [5.74, 6) is 0. The third kappa shape index (κ3) is 5.98. The SMILES string of the molecule is CN[C@@H](C)CNCCCF. The molecule has 0 aliphatic heterocycles. The monoisotopic (exact) mass is 148 g/mol. The molecule has 0 amide bonds. The van der Waals surface area contributed by atoms with Crippen molar-refractivity contribution in [2.75, 3.05) is 26.8 Å². The van der Waals surface area contributed by atoms with E-state index >= 15 is 0 Å². The maximum absolute atomic E-state index is 11.5. The number of hydrogen-bond donors (Lipinski definition) is 2. The lowest BCUT2D eigenvalue weighted by atomic mass is 10.3. The molecule has 0 aromatic carbocycles. The Morgan fingerprint density at radius 1 is 1.50 bits per heavy atom. The Balaban J connectivity index is 2.89. The van der Waals surface area contributed by atoms with Gasteiger partial charge in [0.15, 0.2) is 0 Å². The molecule has 0 saturated heterocycles. The Hall–Kier alpha value is -0.150. The van der Waals surface area contributed by atoms with Gasteiger partial charge in [-0.3, -0.25) is 4.39 Å². The van der Waals surface area contributed by atoms with Crippen molar-refractivity contribution in [3.8, 4) is 0 Å². The summed E-state index contributed by atoms with van der Waals surface area (Å²) in [6.45, 7) is 3.56. The van der Waals surface area contributed by atoms with Crippen molar-refractivity contribution in [2.24, 2.45) is 0 Å². The van der Waals surface area contributed by atoms with Gasteiger partial charge in [0.1, 0.15) is 0 Å². The van der Waals surface area contributed by atoms with Gasteiger partial charge in [-0.25, -0.2) is 0 Å². The van der Waals surface area contributed by atoms with E-state index in [1.165, 1.54) is 0 Å². The Morgan fingerprint density at radius 2 is 2.20 bits per heavy atom. The molecular formula is C7H17FN2. The van der Waals surface area contributed by atoms with E-state index in [0.29, 0.717) is 12.5 Å². The minimum atomic E-state index is -0.221. The molecule has 0 aromatic heterocycles. The van der Waals surface area contributed by atoms with Gasteiger partial charge in [0.05, 0.1) is 6.67 Å². The summed E-state index contributed by atoms with van der Waals surface area (Å²) in [6.07, 6.45) is 0.621. The predicted molar refractivity (Wildman–Crippen MR) is 42.0 cm³/mol. The third-order valence-corrected chi connectivity index (χ3v) is 1.43. The topological polar surface area (TPSA) is 24.1 Å². The van der Waals surface area contributed by atoms with Crippen LogP contribution in [0.5, 0.6) is 0 Å². The summed E-state index contributed by atoms with van der Waals surface area (Å²) in [7, 11) is 1.92. The molecule has 0 spiro atoms. The van der Waals surface area contributed by atoms with Crippen LogP contribution in [0.3, 0.4) is 0 Å². The summed E-state index contributed by atoms with van der Waals surface area (Å²) in [5.41, 5.74) is 0. The van der Waals surface area contributed by atoms with Crippen LogP contribution in [0, 0.1) is 0 Å². The Labute approximate surface area is 62.2 Å². The van der Waals surface area contributed by atoms with E-state index in [-0.39, 0.29) is 6.67 Å². The van der Waals surface area contributed by atoms with Gasteiger partial charge in [0.25, 0.3) is 0 Å². The lowest BCUT2D eigenvalue weighted by Crippen LogP contribution is -2.34. The molecule has 0 aliphatic carbocycles. The van der Waals surface area contributed by atoms with E-state index in [2.05, 4.69) is 17.6 Å². The van der Waals surface area contributed by atoms with Gasteiger partial charge in [0, 0.05) is 12.6 Å². The zero-order valence-corrected chi connectivity index (χ0v) is 6.78. The largest absolute Gasteiger partial charge is 0.316 e. The van der Waals surface area contributed by atoms with Gasteiger partial charge in [-0.1, -0.05) is 0 Å². The number of alkyl halides is 1. The second-order valence-corrected chi connectivity index (χ2v) is 2.44. The molecule has 0 aromatic rings. The lowest BCUT2D eigenvalue weighted by Gasteiger charge is -2.09. The summed E-state index contributed by atoms with van der Waals surface area (Å²) in [6, 6.07) is 0.472. The summed E-state index contributed by atoms with van der Waals surface area (Å²) >= 11 is 0. The molecule has 0 fully saturated rings. The van der Waals surface area contributed by atoms with Crippen LogP contribution in [0.1, 0.15) is 13.3 Å². The highest BCUT2D eigenvalue weighted by Crippen LogP contribution is 1.78. The average molecular weight is 148 g/mol. The molecule has 0 unspecified atom stereocenters. The molecule has 0 heterocycles. The van der Waals surface area contributed by atoms with E-state index in [4.69, 9.17) is 0 Å². The Bertz CT molecular complexity index is 68.6. The maximum atomic E-state index is 11.5. The van der Waals surface area contributed by atoms with Crippen LogP contribution in [-0.2, 0) is 0 Å². The number of rotatable bonds is 6. The number of halogens is 1. The van der Waals surface area contributed by atoms with Crippen molar-refractivity contribution in [2.45, 2.75) is 19.4 Å². The van der Waals surface area contributed by atoms with Crippen molar-refractivity contribution in [1.29, 1.82) is 0 Å². The number of nitrogens with one attached hydrogen (secondary N) is 2. The predicted octanol–water partition coefficient (Wildman–Crippen LogP) is 0.543. The molecule has 2 N–H and O–H groups in total. The van der Waals surface area contributed by atoms with Gasteiger partial charge in [-0.05, 0) is 26.9 Å². The quantitative estimate of drug-likeness (QED) is 0.537. The zero-order chi connectivity index (χ0) is 7.82. The zero-order valence-electron chi connectivity index (χ0n) is 6.78. The minimum absolute atomic E-state index is 0.221. The van der Waals surface area contributed by atoms with Crippen molar-refractivity contribution < 1.29 is 4.39 Å². The first-order chi connectivity index (χ1) is 4.81. The van der Waals surface area contributed by atoms with Crippen LogP contribution in [0.25, 0.3) is 0 Å². The Kier molecular flexibility index (Phi) is 6.86. The minimum Gasteiger partial charge on any atom is -0.316 e. The molecule has 62 valence electrons. The van der Waals surface area contributed by atoms with Crippen LogP contribution in [0.2, 0.25) is 0 Å². The second-order valence-electron chi connectivity index (χ2n) is 2.44. The highest BCUT2D eigenvalue weighted by molar-refractivity contribution is 4.59. The highest BCUT2D eigenvalue weighted by atomic mass is 19.1. The van der Waals surface area contributed by atoms with E-state index in [1.54, 1.807) is 0 Å². The van der Waals surface area contributed by atoms with E-state index in [9.17, 15) is 4.39 Å². The smallest absolute Gasteiger partial charge is 0.0906 e. The maximum Gasteiger partial charge on any atom is 0.0906 e. The molecule has 0 radical (unpaired) electrons. The van der Waals surface area contributed by atoms with E-state index in [0.717, 1.165) is 13.1 Å². The summed E-state index contributed by atoms with van der Waals surface area (Å²) in [4.78, 5) is 0. The molecular weight excluding hydrogens is 131 g/mol. The van der Waals surface area contributed by atoms with Crippen molar-refractivity contribution in [3.05, 3.63) is 0 Å². The van der Waals surface area contributed by atoms with Crippen LogP contribution < -0.4 is 10.6 Å². The first-order valence-corrected chi connectivity index (χ1v) is 3.75. The van der Waals surface area contributed by atoms with Crippen LogP contribution >= 0.6 is 0 Å². The molecule has 0 rings (SSSR count). The van der Waals surface area contributed by atoms with Gasteiger partial charge < -0.3 is 10.6 Å². The fourth-order valence-electron chi connectivity index (χ4n) is 0.612. The first-order valence-electron chi connectivity index (χ1n) is 3.75. The van der Waals surface area contributed by atoms with Gasteiger partial charge in [-0.15, -0.1) is 0 Å². The van der Waals surface area contributed by atoms with Crippen molar-refractivity contribution in [3.63, 3.8) is 0 Å². The van der Waals surface area contributed by atoms with Gasteiger partial charge >= 0.3 is 0 Å². The fourth-order valence-corrected chi connectivity index (χ4v) is 0.612. The van der Waals surface area contributed by atoms with E-state index in [1.807, 2.05) is 7.05 Å². The molecule has 0 bridgehead atoms. The van der Waals surface area contributed by atoms with Crippen LogP contribution in [0.15, 0.2) is 0 Å².